The molecule has 170 valence electrons. The third kappa shape index (κ3) is 4.34. The molecule has 2 atom stereocenters. The summed E-state index contributed by atoms with van der Waals surface area (Å²) in [6.45, 7) is -0.108. The zero-order chi connectivity index (χ0) is 23.7. The number of carbonyl (C=O) groups is 2. The third-order valence-electron chi connectivity index (χ3n) is 5.85. The predicted octanol–water partition coefficient (Wildman–Crippen LogP) is 4.03. The van der Waals surface area contributed by atoms with Crippen molar-refractivity contribution in [3.05, 3.63) is 94.8 Å². The van der Waals surface area contributed by atoms with Crippen molar-refractivity contribution in [3.63, 3.8) is 0 Å². The second kappa shape index (κ2) is 9.07. The van der Waals surface area contributed by atoms with Gasteiger partial charge in [0.05, 0.1) is 0 Å². The molecule has 8 heteroatoms. The number of fused-ring (bicyclic) bond motifs is 3. The van der Waals surface area contributed by atoms with Crippen LogP contribution in [0.15, 0.2) is 60.7 Å². The van der Waals surface area contributed by atoms with Crippen molar-refractivity contribution in [1.82, 2.24) is 0 Å². The first-order chi connectivity index (χ1) is 15.8. The van der Waals surface area contributed by atoms with Gasteiger partial charge in [-0.05, 0) is 40.3 Å². The lowest BCUT2D eigenvalue weighted by molar-refractivity contribution is -0.159. The van der Waals surface area contributed by atoms with Crippen molar-refractivity contribution in [1.29, 1.82) is 0 Å². The molecule has 0 bridgehead atoms. The van der Waals surface area contributed by atoms with Gasteiger partial charge < -0.3 is 15.6 Å². The molecule has 5 nitrogen and oxygen atoms in total. The van der Waals surface area contributed by atoms with Crippen LogP contribution in [0.1, 0.15) is 22.6 Å². The minimum Gasteiger partial charge on any atom is -0.481 e. The zero-order valence-corrected chi connectivity index (χ0v) is 17.3. The summed E-state index contributed by atoms with van der Waals surface area (Å²) in [6.07, 6.45) is -0.496. The van der Waals surface area contributed by atoms with Gasteiger partial charge in [-0.25, -0.2) is 13.2 Å². The SMILES string of the molecule is NC(Cc1cc(F)c(F)cc1F)[C@@H](C(=O)O)C(=O)OCC1c2ccccc2-c2ccccc21. The largest absolute Gasteiger partial charge is 0.481 e. The van der Waals surface area contributed by atoms with E-state index in [1.807, 2.05) is 48.5 Å². The van der Waals surface area contributed by atoms with Gasteiger partial charge in [-0.1, -0.05) is 48.5 Å². The second-order valence-electron chi connectivity index (χ2n) is 7.90. The minimum atomic E-state index is -1.82. The van der Waals surface area contributed by atoms with E-state index in [0.29, 0.717) is 12.1 Å². The Hall–Kier alpha value is -3.65. The van der Waals surface area contributed by atoms with Crippen LogP contribution in [-0.4, -0.2) is 29.7 Å². The highest BCUT2D eigenvalue weighted by Crippen LogP contribution is 2.44. The molecule has 1 unspecified atom stereocenters. The first-order valence-electron chi connectivity index (χ1n) is 10.2. The van der Waals surface area contributed by atoms with E-state index in [2.05, 4.69) is 0 Å². The lowest BCUT2D eigenvalue weighted by Crippen LogP contribution is -2.43. The topological polar surface area (TPSA) is 89.6 Å². The van der Waals surface area contributed by atoms with Gasteiger partial charge in [0.2, 0.25) is 0 Å². The smallest absolute Gasteiger partial charge is 0.321 e. The Morgan fingerprint density at radius 2 is 1.45 bits per heavy atom. The summed E-state index contributed by atoms with van der Waals surface area (Å²) in [6, 6.07) is 14.8. The maximum absolute atomic E-state index is 14.0. The molecule has 0 saturated carbocycles. The fraction of sp³-hybridized carbons (Fsp3) is 0.200. The van der Waals surface area contributed by atoms with Gasteiger partial charge in [0.25, 0.3) is 0 Å². The normalized spacial score (nSPS) is 14.3. The summed E-state index contributed by atoms with van der Waals surface area (Å²) in [7, 11) is 0. The van der Waals surface area contributed by atoms with E-state index in [9.17, 15) is 27.9 Å². The molecule has 0 heterocycles. The Bertz CT molecular complexity index is 1180. The van der Waals surface area contributed by atoms with Crippen molar-refractivity contribution in [2.75, 3.05) is 6.61 Å². The number of carbonyl (C=O) groups excluding carboxylic acids is 1. The molecule has 0 aliphatic heterocycles. The van der Waals surface area contributed by atoms with Crippen LogP contribution >= 0.6 is 0 Å². The number of halogens is 3. The van der Waals surface area contributed by atoms with Crippen LogP contribution in [0.3, 0.4) is 0 Å². The van der Waals surface area contributed by atoms with Crippen LogP contribution in [0.4, 0.5) is 13.2 Å². The average molecular weight is 455 g/mol. The van der Waals surface area contributed by atoms with E-state index in [1.165, 1.54) is 0 Å². The molecule has 33 heavy (non-hydrogen) atoms. The molecule has 1 aliphatic carbocycles. The van der Waals surface area contributed by atoms with Gasteiger partial charge in [0, 0.05) is 18.0 Å². The fourth-order valence-corrected chi connectivity index (χ4v) is 4.25. The molecule has 0 aromatic heterocycles. The predicted molar refractivity (Wildman–Crippen MR) is 114 cm³/mol. The van der Waals surface area contributed by atoms with Crippen molar-refractivity contribution in [2.24, 2.45) is 11.7 Å². The Morgan fingerprint density at radius 3 is 2.03 bits per heavy atom. The maximum Gasteiger partial charge on any atom is 0.321 e. The lowest BCUT2D eigenvalue weighted by Gasteiger charge is -2.21. The number of hydrogen-bond acceptors (Lipinski definition) is 4. The Labute approximate surface area is 187 Å². The average Bonchev–Trinajstić information content (AvgIpc) is 3.09. The maximum atomic E-state index is 14.0. The molecular weight excluding hydrogens is 435 g/mol. The molecule has 4 rings (SSSR count). The molecule has 3 N–H and O–H groups in total. The zero-order valence-electron chi connectivity index (χ0n) is 17.3. The van der Waals surface area contributed by atoms with Crippen LogP contribution in [0.25, 0.3) is 11.1 Å². The number of aliphatic carboxylic acids is 1. The molecule has 0 spiro atoms. The number of carboxylic acids is 1. The fourth-order valence-electron chi connectivity index (χ4n) is 4.25. The molecule has 0 amide bonds. The summed E-state index contributed by atoms with van der Waals surface area (Å²) in [5, 5.41) is 9.56. The van der Waals surface area contributed by atoms with E-state index in [-0.39, 0.29) is 18.1 Å². The lowest BCUT2D eigenvalue weighted by atomic mass is 9.93. The van der Waals surface area contributed by atoms with Crippen LogP contribution < -0.4 is 5.73 Å². The number of esters is 1. The minimum absolute atomic E-state index is 0.108. The standard InChI is InChI=1S/C25H20F3NO4/c26-19-11-21(28)20(27)9-13(19)10-22(29)23(24(30)31)25(32)33-12-18-16-7-3-1-5-14(16)15-6-2-4-8-17(15)18/h1-9,11,18,22-23H,10,12,29H2,(H,30,31)/t22?,23-/m0/s1. The number of ether oxygens (including phenoxy) is 1. The second-order valence-corrected chi connectivity index (χ2v) is 7.90. The van der Waals surface area contributed by atoms with Gasteiger partial charge in [-0.2, -0.15) is 0 Å². The van der Waals surface area contributed by atoms with Gasteiger partial charge in [-0.15, -0.1) is 0 Å². The highest BCUT2D eigenvalue weighted by molar-refractivity contribution is 5.95. The van der Waals surface area contributed by atoms with Crippen LogP contribution in [0.2, 0.25) is 0 Å². The van der Waals surface area contributed by atoms with Gasteiger partial charge in [-0.3, -0.25) is 9.59 Å². The summed E-state index contributed by atoms with van der Waals surface area (Å²) >= 11 is 0. The third-order valence-corrected chi connectivity index (χ3v) is 5.85. The van der Waals surface area contributed by atoms with Crippen molar-refractivity contribution < 1.29 is 32.6 Å². The number of hydrogen-bond donors (Lipinski definition) is 2. The Balaban J connectivity index is 1.51. The number of rotatable bonds is 7. The first-order valence-corrected chi connectivity index (χ1v) is 10.2. The van der Waals surface area contributed by atoms with Crippen LogP contribution in [0, 0.1) is 23.4 Å². The molecular formula is C25H20F3NO4. The molecule has 3 aromatic rings. The number of carboxylic acid groups (broad SMARTS) is 1. The van der Waals surface area contributed by atoms with Crippen molar-refractivity contribution in [2.45, 2.75) is 18.4 Å². The highest BCUT2D eigenvalue weighted by atomic mass is 19.2. The van der Waals surface area contributed by atoms with E-state index < -0.39 is 47.8 Å². The molecule has 0 fully saturated rings. The molecule has 0 radical (unpaired) electrons. The van der Waals surface area contributed by atoms with Gasteiger partial charge in [0.1, 0.15) is 12.4 Å². The van der Waals surface area contributed by atoms with E-state index >= 15 is 0 Å². The number of benzene rings is 3. The summed E-state index contributed by atoms with van der Waals surface area (Å²) in [4.78, 5) is 24.5. The van der Waals surface area contributed by atoms with E-state index in [1.54, 1.807) is 0 Å². The first kappa shape index (κ1) is 22.5. The van der Waals surface area contributed by atoms with Gasteiger partial charge >= 0.3 is 11.9 Å². The summed E-state index contributed by atoms with van der Waals surface area (Å²) < 4.78 is 46.0. The van der Waals surface area contributed by atoms with Gasteiger partial charge in [0.15, 0.2) is 17.6 Å². The summed E-state index contributed by atoms with van der Waals surface area (Å²) in [5.74, 6) is -8.49. The van der Waals surface area contributed by atoms with E-state index in [4.69, 9.17) is 10.5 Å². The Kier molecular flexibility index (Phi) is 6.20. The van der Waals surface area contributed by atoms with Crippen molar-refractivity contribution >= 4 is 11.9 Å². The van der Waals surface area contributed by atoms with Crippen LogP contribution in [-0.2, 0) is 20.7 Å². The number of nitrogens with two attached hydrogens (primary N) is 1. The Morgan fingerprint density at radius 1 is 0.909 bits per heavy atom. The highest BCUT2D eigenvalue weighted by Gasteiger charge is 2.36. The van der Waals surface area contributed by atoms with Crippen molar-refractivity contribution in [3.8, 4) is 11.1 Å². The molecule has 3 aromatic carbocycles. The molecule has 1 aliphatic rings. The summed E-state index contributed by atoms with van der Waals surface area (Å²) in [5.41, 5.74) is 9.47. The monoisotopic (exact) mass is 455 g/mol. The quantitative estimate of drug-likeness (QED) is 0.319. The van der Waals surface area contributed by atoms with Crippen LogP contribution in [0.5, 0.6) is 0 Å². The van der Waals surface area contributed by atoms with E-state index in [0.717, 1.165) is 22.3 Å². The molecule has 0 saturated heterocycles.